The van der Waals surface area contributed by atoms with Crippen LogP contribution in [0.3, 0.4) is 0 Å². The molecule has 2 heterocycles. The monoisotopic (exact) mass is 370 g/mol. The molecule has 0 atom stereocenters. The van der Waals surface area contributed by atoms with Gasteiger partial charge in [-0.2, -0.15) is 10.5 Å². The van der Waals surface area contributed by atoms with Crippen LogP contribution in [-0.4, -0.2) is 23.6 Å². The Hall–Kier alpha value is -3.97. The van der Waals surface area contributed by atoms with Crippen LogP contribution in [0.1, 0.15) is 16.7 Å². The van der Waals surface area contributed by atoms with Crippen LogP contribution in [0.2, 0.25) is 0 Å². The first-order chi connectivity index (χ1) is 13.6. The molecule has 0 fully saturated rings. The zero-order chi connectivity index (χ0) is 19.7. The zero-order valence-electron chi connectivity index (χ0n) is 15.1. The summed E-state index contributed by atoms with van der Waals surface area (Å²) in [5, 5.41) is 21.5. The molecule has 0 amide bonds. The van der Waals surface area contributed by atoms with Crippen molar-refractivity contribution < 1.29 is 4.39 Å². The second-order valence-electron chi connectivity index (χ2n) is 6.51. The quantitative estimate of drug-likeness (QED) is 0.755. The van der Waals surface area contributed by atoms with Crippen LogP contribution in [0.5, 0.6) is 0 Å². The van der Waals surface area contributed by atoms with Crippen LogP contribution in [0.25, 0.3) is 11.3 Å². The molecule has 1 aliphatic rings. The molecule has 0 spiro atoms. The Labute approximate surface area is 161 Å². The second-order valence-corrected chi connectivity index (χ2v) is 6.51. The van der Waals surface area contributed by atoms with E-state index in [1.54, 1.807) is 12.3 Å². The number of rotatable bonds is 3. The van der Waals surface area contributed by atoms with E-state index in [-0.39, 0.29) is 5.56 Å². The summed E-state index contributed by atoms with van der Waals surface area (Å²) in [6, 6.07) is 13.9. The van der Waals surface area contributed by atoms with Crippen molar-refractivity contribution in [2.24, 2.45) is 0 Å². The van der Waals surface area contributed by atoms with E-state index in [0.717, 1.165) is 29.8 Å². The first-order valence-electron chi connectivity index (χ1n) is 8.67. The molecule has 7 heteroatoms. The number of nitriles is 2. The van der Waals surface area contributed by atoms with Gasteiger partial charge in [-0.3, -0.25) is 0 Å². The SMILES string of the molecule is CN1CCc2cc(-c3ccnc(Nc4ccc(F)c(C#N)c4)n3)cc(C#N)c21. The number of fused-ring (bicyclic) bond motifs is 1. The molecule has 0 unspecified atom stereocenters. The Balaban J connectivity index is 1.69. The van der Waals surface area contributed by atoms with Crippen molar-refractivity contribution in [2.45, 2.75) is 6.42 Å². The van der Waals surface area contributed by atoms with Gasteiger partial charge in [0.05, 0.1) is 22.5 Å². The summed E-state index contributed by atoms with van der Waals surface area (Å²) >= 11 is 0. The van der Waals surface area contributed by atoms with E-state index in [4.69, 9.17) is 5.26 Å². The fourth-order valence-corrected chi connectivity index (χ4v) is 3.37. The molecule has 6 nitrogen and oxygen atoms in total. The molecule has 4 rings (SSSR count). The summed E-state index contributed by atoms with van der Waals surface area (Å²) < 4.78 is 13.5. The molecule has 0 saturated heterocycles. The number of nitrogens with one attached hydrogen (secondary N) is 1. The van der Waals surface area contributed by atoms with Gasteiger partial charge in [0.2, 0.25) is 5.95 Å². The van der Waals surface area contributed by atoms with E-state index in [9.17, 15) is 9.65 Å². The predicted octanol–water partition coefficient (Wildman–Crippen LogP) is 3.76. The lowest BCUT2D eigenvalue weighted by Gasteiger charge is -2.14. The fraction of sp³-hybridized carbons (Fsp3) is 0.143. The second kappa shape index (κ2) is 6.98. The molecule has 2 aromatic carbocycles. The van der Waals surface area contributed by atoms with Crippen molar-refractivity contribution in [2.75, 3.05) is 23.8 Å². The number of halogens is 1. The van der Waals surface area contributed by atoms with Gasteiger partial charge in [0.25, 0.3) is 0 Å². The van der Waals surface area contributed by atoms with Crippen LogP contribution >= 0.6 is 0 Å². The number of nitrogens with zero attached hydrogens (tertiary/aromatic N) is 5. The van der Waals surface area contributed by atoms with E-state index >= 15 is 0 Å². The molecule has 1 aliphatic heterocycles. The predicted molar refractivity (Wildman–Crippen MR) is 104 cm³/mol. The summed E-state index contributed by atoms with van der Waals surface area (Å²) in [6.45, 7) is 0.885. The average Bonchev–Trinajstić information content (AvgIpc) is 3.10. The highest BCUT2D eigenvalue weighted by Gasteiger charge is 2.21. The molecule has 136 valence electrons. The van der Waals surface area contributed by atoms with Crippen molar-refractivity contribution in [1.82, 2.24) is 9.97 Å². The third kappa shape index (κ3) is 3.10. The third-order valence-corrected chi connectivity index (χ3v) is 4.70. The van der Waals surface area contributed by atoms with E-state index in [1.807, 2.05) is 19.2 Å². The molecule has 3 aromatic rings. The minimum atomic E-state index is -0.574. The summed E-state index contributed by atoms with van der Waals surface area (Å²) in [5.74, 6) is -0.251. The summed E-state index contributed by atoms with van der Waals surface area (Å²) in [7, 11) is 1.98. The minimum absolute atomic E-state index is 0.0532. The average molecular weight is 370 g/mol. The summed E-state index contributed by atoms with van der Waals surface area (Å²) in [6.07, 6.45) is 2.50. The van der Waals surface area contributed by atoms with Crippen LogP contribution in [0, 0.1) is 28.5 Å². The standard InChI is InChI=1S/C21H15FN6/c1-28-7-5-13-8-14(9-16(12-24)20(13)28)19-4-6-25-21(27-19)26-17-2-3-18(22)15(10-17)11-23/h2-4,6,8-10H,5,7H2,1H3,(H,25,26,27). The molecular formula is C21H15FN6. The molecule has 0 saturated carbocycles. The highest BCUT2D eigenvalue weighted by Crippen LogP contribution is 2.34. The van der Waals surface area contributed by atoms with Crippen molar-refractivity contribution in [3.8, 4) is 23.4 Å². The van der Waals surface area contributed by atoms with Gasteiger partial charge in [-0.25, -0.2) is 14.4 Å². The summed E-state index contributed by atoms with van der Waals surface area (Å²) in [5.41, 5.74) is 4.71. The topological polar surface area (TPSA) is 88.6 Å². The summed E-state index contributed by atoms with van der Waals surface area (Å²) in [4.78, 5) is 10.8. The van der Waals surface area contributed by atoms with Gasteiger partial charge in [-0.1, -0.05) is 0 Å². The lowest BCUT2D eigenvalue weighted by molar-refractivity contribution is 0.624. The number of anilines is 3. The number of likely N-dealkylation sites (N-methyl/N-ethyl adjacent to an activating group) is 1. The molecule has 0 radical (unpaired) electrons. The van der Waals surface area contributed by atoms with Gasteiger partial charge in [0.1, 0.15) is 18.0 Å². The van der Waals surface area contributed by atoms with Crippen LogP contribution in [0.15, 0.2) is 42.6 Å². The van der Waals surface area contributed by atoms with Gasteiger partial charge >= 0.3 is 0 Å². The Bertz CT molecular complexity index is 1160. The molecule has 1 aromatic heterocycles. The van der Waals surface area contributed by atoms with E-state index < -0.39 is 5.82 Å². The Morgan fingerprint density at radius 1 is 1.11 bits per heavy atom. The fourth-order valence-electron chi connectivity index (χ4n) is 3.37. The molecule has 0 aliphatic carbocycles. The lowest BCUT2D eigenvalue weighted by Crippen LogP contribution is -2.13. The van der Waals surface area contributed by atoms with E-state index in [1.165, 1.54) is 18.2 Å². The van der Waals surface area contributed by atoms with Crippen molar-refractivity contribution in [3.63, 3.8) is 0 Å². The Kier molecular flexibility index (Phi) is 4.35. The molecular weight excluding hydrogens is 355 g/mol. The van der Waals surface area contributed by atoms with E-state index in [0.29, 0.717) is 22.9 Å². The number of hydrogen-bond donors (Lipinski definition) is 1. The van der Waals surface area contributed by atoms with Gasteiger partial charge in [0.15, 0.2) is 0 Å². The van der Waals surface area contributed by atoms with Crippen molar-refractivity contribution in [3.05, 3.63) is 65.1 Å². The minimum Gasteiger partial charge on any atom is -0.373 e. The first-order valence-corrected chi connectivity index (χ1v) is 8.67. The maximum absolute atomic E-state index is 13.5. The molecule has 0 bridgehead atoms. The molecule has 28 heavy (non-hydrogen) atoms. The maximum atomic E-state index is 13.5. The van der Waals surface area contributed by atoms with Crippen LogP contribution in [-0.2, 0) is 6.42 Å². The number of aromatic nitrogens is 2. The highest BCUT2D eigenvalue weighted by molar-refractivity contribution is 5.75. The number of benzene rings is 2. The zero-order valence-corrected chi connectivity index (χ0v) is 15.1. The Morgan fingerprint density at radius 2 is 1.93 bits per heavy atom. The first kappa shape index (κ1) is 17.4. The smallest absolute Gasteiger partial charge is 0.227 e. The Morgan fingerprint density at radius 3 is 2.71 bits per heavy atom. The van der Waals surface area contributed by atoms with Crippen LogP contribution < -0.4 is 10.2 Å². The lowest BCUT2D eigenvalue weighted by atomic mass is 10.0. The van der Waals surface area contributed by atoms with Gasteiger partial charge in [-0.05, 0) is 48.4 Å². The number of hydrogen-bond acceptors (Lipinski definition) is 6. The van der Waals surface area contributed by atoms with Crippen LogP contribution in [0.4, 0.5) is 21.7 Å². The van der Waals surface area contributed by atoms with Gasteiger partial charge in [-0.15, -0.1) is 0 Å². The van der Waals surface area contributed by atoms with Gasteiger partial charge < -0.3 is 10.2 Å². The molecule has 1 N–H and O–H groups in total. The van der Waals surface area contributed by atoms with Crippen molar-refractivity contribution >= 4 is 17.3 Å². The van der Waals surface area contributed by atoms with Gasteiger partial charge in [0, 0.05) is 31.0 Å². The highest BCUT2D eigenvalue weighted by atomic mass is 19.1. The third-order valence-electron chi connectivity index (χ3n) is 4.70. The maximum Gasteiger partial charge on any atom is 0.227 e. The largest absolute Gasteiger partial charge is 0.373 e. The van der Waals surface area contributed by atoms with E-state index in [2.05, 4.69) is 32.3 Å². The normalized spacial score (nSPS) is 12.2. The van der Waals surface area contributed by atoms with Crippen molar-refractivity contribution in [1.29, 1.82) is 10.5 Å².